The van der Waals surface area contributed by atoms with Gasteiger partial charge in [0.25, 0.3) is 0 Å². The molecule has 13 rings (SSSR count). The minimum atomic E-state index is 0.692. The highest BCUT2D eigenvalue weighted by atomic mass is 14.9. The Morgan fingerprint density at radius 1 is 0.235 bits per heavy atom. The predicted octanol–water partition coefficient (Wildman–Crippen LogP) is 17.3. The molecule has 68 heavy (non-hydrogen) atoms. The van der Waals surface area contributed by atoms with Gasteiger partial charge in [-0.05, 0) is 78.3 Å². The topological polar surface area (TPSA) is 38.7 Å². The lowest BCUT2D eigenvalue weighted by Gasteiger charge is -2.16. The molecule has 11 aromatic carbocycles. The lowest BCUT2D eigenvalue weighted by molar-refractivity contribution is 1.18. The van der Waals surface area contributed by atoms with E-state index in [0.29, 0.717) is 5.82 Å². The van der Waals surface area contributed by atoms with Gasteiger partial charge in [-0.3, -0.25) is 0 Å². The van der Waals surface area contributed by atoms with Crippen molar-refractivity contribution in [1.82, 2.24) is 15.0 Å². The number of aromatic nitrogens is 3. The summed E-state index contributed by atoms with van der Waals surface area (Å²) in [6.45, 7) is 0. The lowest BCUT2D eigenvalue weighted by Crippen LogP contribution is -1.96. The van der Waals surface area contributed by atoms with Crippen molar-refractivity contribution in [2.75, 3.05) is 0 Å². The van der Waals surface area contributed by atoms with Gasteiger partial charge >= 0.3 is 0 Å². The van der Waals surface area contributed by atoms with Crippen molar-refractivity contribution in [3.05, 3.63) is 249 Å². The van der Waals surface area contributed by atoms with Crippen LogP contribution in [0.3, 0.4) is 0 Å². The fourth-order valence-electron chi connectivity index (χ4n) is 10.0. The number of hydrogen-bond donors (Lipinski definition) is 0. The Labute approximate surface area is 394 Å². The minimum absolute atomic E-state index is 0.692. The number of para-hydroxylation sites is 1. The normalized spacial score (nSPS) is 11.5. The van der Waals surface area contributed by atoms with E-state index in [2.05, 4.69) is 224 Å². The lowest BCUT2D eigenvalue weighted by atomic mass is 9.91. The molecule has 0 amide bonds. The number of benzene rings is 11. The van der Waals surface area contributed by atoms with Crippen molar-refractivity contribution in [3.8, 4) is 78.5 Å². The van der Waals surface area contributed by atoms with Crippen LogP contribution in [0.25, 0.3) is 133 Å². The first kappa shape index (κ1) is 39.3. The largest absolute Gasteiger partial charge is 0.246 e. The van der Waals surface area contributed by atoms with E-state index in [1.807, 2.05) is 24.3 Å². The van der Waals surface area contributed by atoms with E-state index in [-0.39, 0.29) is 0 Å². The number of fused-ring (bicyclic) bond motifs is 8. The Bertz CT molecular complexity index is 4050. The Kier molecular flexibility index (Phi) is 9.50. The van der Waals surface area contributed by atoms with Gasteiger partial charge in [0.2, 0.25) is 0 Å². The molecule has 3 nitrogen and oxygen atoms in total. The molecule has 0 spiro atoms. The molecule has 0 saturated heterocycles. The summed E-state index contributed by atoms with van der Waals surface area (Å²) in [6, 6.07) is 88.8. The summed E-state index contributed by atoms with van der Waals surface area (Å²) in [5.41, 5.74) is 14.6. The molecular weight excluding hydrogens is 823 g/mol. The Morgan fingerprint density at radius 3 is 1.46 bits per heavy atom. The molecule has 2 aromatic heterocycles. The molecule has 0 aliphatic carbocycles. The van der Waals surface area contributed by atoms with Crippen LogP contribution in [0.2, 0.25) is 0 Å². The Hall–Kier alpha value is -9.05. The number of hydrogen-bond acceptors (Lipinski definition) is 3. The van der Waals surface area contributed by atoms with Crippen molar-refractivity contribution in [2.45, 2.75) is 0 Å². The molecule has 0 unspecified atom stereocenters. The fourth-order valence-corrected chi connectivity index (χ4v) is 10.0. The first-order chi connectivity index (χ1) is 33.7. The van der Waals surface area contributed by atoms with Crippen LogP contribution in [0, 0.1) is 0 Å². The molecule has 0 N–H and O–H groups in total. The smallest absolute Gasteiger partial charge is 0.160 e. The average Bonchev–Trinajstić information content (AvgIpc) is 3.42. The van der Waals surface area contributed by atoms with Crippen LogP contribution in [0.5, 0.6) is 0 Å². The zero-order chi connectivity index (χ0) is 45.0. The van der Waals surface area contributed by atoms with Crippen molar-refractivity contribution in [2.24, 2.45) is 0 Å². The molecule has 0 atom stereocenters. The van der Waals surface area contributed by atoms with Gasteiger partial charge in [-0.1, -0.05) is 231 Å². The highest BCUT2D eigenvalue weighted by Crippen LogP contribution is 2.42. The number of pyridine rings is 1. The van der Waals surface area contributed by atoms with Crippen LogP contribution in [0.1, 0.15) is 0 Å². The van der Waals surface area contributed by atoms with Crippen molar-refractivity contribution >= 4 is 54.0 Å². The van der Waals surface area contributed by atoms with E-state index in [4.69, 9.17) is 15.0 Å². The molecule has 0 aliphatic rings. The maximum Gasteiger partial charge on any atom is 0.160 e. The zero-order valence-electron chi connectivity index (χ0n) is 37.0. The molecule has 2 heterocycles. The van der Waals surface area contributed by atoms with Gasteiger partial charge in [-0.25, -0.2) is 15.0 Å². The fraction of sp³-hybridized carbons (Fsp3) is 0. The van der Waals surface area contributed by atoms with Crippen LogP contribution in [-0.4, -0.2) is 15.0 Å². The first-order valence-corrected chi connectivity index (χ1v) is 23.2. The van der Waals surface area contributed by atoms with E-state index in [1.54, 1.807) is 0 Å². The quantitative estimate of drug-likeness (QED) is 0.150. The van der Waals surface area contributed by atoms with Gasteiger partial charge in [-0.2, -0.15) is 0 Å². The Balaban J connectivity index is 0.932. The summed E-state index contributed by atoms with van der Waals surface area (Å²) in [7, 11) is 0. The summed E-state index contributed by atoms with van der Waals surface area (Å²) in [5.74, 6) is 0.692. The second kappa shape index (κ2) is 16.4. The maximum absolute atomic E-state index is 5.66. The van der Waals surface area contributed by atoms with E-state index in [9.17, 15) is 0 Å². The molecule has 0 aliphatic heterocycles. The molecular formula is C65H41N3. The molecule has 13 aromatic rings. The third-order valence-corrected chi connectivity index (χ3v) is 13.5. The van der Waals surface area contributed by atoms with Gasteiger partial charge in [0.05, 0.1) is 22.6 Å². The zero-order valence-corrected chi connectivity index (χ0v) is 37.0. The van der Waals surface area contributed by atoms with Gasteiger partial charge in [0.15, 0.2) is 5.82 Å². The predicted molar refractivity (Wildman–Crippen MR) is 285 cm³/mol. The average molecular weight is 864 g/mol. The highest BCUT2D eigenvalue weighted by molar-refractivity contribution is 6.24. The number of nitrogens with zero attached hydrogens (tertiary/aromatic N) is 3. The summed E-state index contributed by atoms with van der Waals surface area (Å²) in [5, 5.41) is 10.9. The van der Waals surface area contributed by atoms with Crippen LogP contribution in [-0.2, 0) is 0 Å². The van der Waals surface area contributed by atoms with Crippen LogP contribution in [0.15, 0.2) is 249 Å². The molecule has 0 radical (unpaired) electrons. The summed E-state index contributed by atoms with van der Waals surface area (Å²) in [4.78, 5) is 15.9. The van der Waals surface area contributed by atoms with Crippen LogP contribution < -0.4 is 0 Å². The minimum Gasteiger partial charge on any atom is -0.246 e. The van der Waals surface area contributed by atoms with E-state index in [0.717, 1.165) is 72.3 Å². The maximum atomic E-state index is 5.66. The molecule has 0 fully saturated rings. The van der Waals surface area contributed by atoms with Gasteiger partial charge in [-0.15, -0.1) is 0 Å². The third-order valence-electron chi connectivity index (χ3n) is 13.5. The van der Waals surface area contributed by atoms with E-state index in [1.165, 1.54) is 54.4 Å². The van der Waals surface area contributed by atoms with Gasteiger partial charge in [0.1, 0.15) is 0 Å². The van der Waals surface area contributed by atoms with Crippen molar-refractivity contribution < 1.29 is 0 Å². The SMILES string of the molecule is c1ccc(-c2ccc(-c3cc(-c4ccc(-c5cccc6c5nc(-c5cccc(-c7ccc8ccc9ccccc9c8c7)c5)c5ccc7ccccc7c56)cc4)nc(-c4ccccc4)n3)cc2)cc1. The molecule has 3 heteroatoms. The van der Waals surface area contributed by atoms with Crippen LogP contribution >= 0.6 is 0 Å². The summed E-state index contributed by atoms with van der Waals surface area (Å²) >= 11 is 0. The number of rotatable bonds is 7. The summed E-state index contributed by atoms with van der Waals surface area (Å²) < 4.78 is 0. The van der Waals surface area contributed by atoms with Crippen molar-refractivity contribution in [3.63, 3.8) is 0 Å². The highest BCUT2D eigenvalue weighted by Gasteiger charge is 2.18. The standard InChI is InChI=1S/C65H41N3/c1-3-13-42(14-4-1)43-25-32-48(33-26-43)60-41-61(67-65(66-60)50-17-5-2-6-18-50)49-34-29-46(30-35-49)56-23-12-24-57-62-55-22-10-8-16-45(55)37-38-58(62)63(68-64(56)57)53-20-11-19-51(39-53)52-36-31-47-28-27-44-15-7-9-21-54(44)59(47)40-52/h1-41H. The molecule has 316 valence electrons. The monoisotopic (exact) mass is 863 g/mol. The molecule has 0 bridgehead atoms. The second-order valence-corrected chi connectivity index (χ2v) is 17.5. The van der Waals surface area contributed by atoms with E-state index >= 15 is 0 Å². The second-order valence-electron chi connectivity index (χ2n) is 17.5. The summed E-state index contributed by atoms with van der Waals surface area (Å²) in [6.07, 6.45) is 0. The van der Waals surface area contributed by atoms with Crippen molar-refractivity contribution in [1.29, 1.82) is 0 Å². The van der Waals surface area contributed by atoms with E-state index < -0.39 is 0 Å². The third kappa shape index (κ3) is 6.97. The van der Waals surface area contributed by atoms with Gasteiger partial charge < -0.3 is 0 Å². The molecule has 0 saturated carbocycles. The van der Waals surface area contributed by atoms with Gasteiger partial charge in [0, 0.05) is 44.0 Å². The first-order valence-electron chi connectivity index (χ1n) is 23.2. The Morgan fingerprint density at radius 2 is 0.721 bits per heavy atom. The van der Waals surface area contributed by atoms with Crippen LogP contribution in [0.4, 0.5) is 0 Å².